The van der Waals surface area contributed by atoms with Crippen LogP contribution in [0.3, 0.4) is 0 Å². The summed E-state index contributed by atoms with van der Waals surface area (Å²) in [6, 6.07) is 0. The fourth-order valence-electron chi connectivity index (χ4n) is 1.12. The molecule has 0 aromatic carbocycles. The minimum absolute atomic E-state index is 0.989. The van der Waals surface area contributed by atoms with Crippen molar-refractivity contribution < 1.29 is 0 Å². The maximum Gasteiger partial charge on any atom is 0.00886 e. The molecule has 0 unspecified atom stereocenters. The Labute approximate surface area is 89.5 Å². The molecule has 0 amide bonds. The fourth-order valence-corrected chi connectivity index (χ4v) is 1.12. The number of hydrogen-bond donors (Lipinski definition) is 0. The van der Waals surface area contributed by atoms with Crippen LogP contribution in [0.1, 0.15) is 65.2 Å². The lowest BCUT2D eigenvalue weighted by molar-refractivity contribution is 0.708. The van der Waals surface area contributed by atoms with Crippen LogP contribution in [-0.2, 0) is 0 Å². The van der Waals surface area contributed by atoms with Gasteiger partial charge in [-0.05, 0) is 19.3 Å². The van der Waals surface area contributed by atoms with Crippen molar-refractivity contribution in [2.24, 2.45) is 0 Å². The average Bonchev–Trinajstić information content (AvgIpc) is 2.21. The van der Waals surface area contributed by atoms with Crippen molar-refractivity contribution in [1.29, 1.82) is 0 Å². The Bertz CT molecular complexity index is 216. The minimum atomic E-state index is 0.989. The summed E-state index contributed by atoms with van der Waals surface area (Å²) in [5.41, 5.74) is 0. The predicted octanol–water partition coefficient (Wildman–Crippen LogP) is 4.15. The zero-order valence-electron chi connectivity index (χ0n) is 9.66. The molecule has 0 atom stereocenters. The summed E-state index contributed by atoms with van der Waals surface area (Å²) in [6.45, 7) is 4.26. The van der Waals surface area contributed by atoms with Crippen molar-refractivity contribution >= 4 is 0 Å². The summed E-state index contributed by atoms with van der Waals surface area (Å²) in [4.78, 5) is 0. The molecule has 0 rings (SSSR count). The molecule has 0 radical (unpaired) electrons. The second kappa shape index (κ2) is 12.1. The summed E-state index contributed by atoms with van der Waals surface area (Å²) < 4.78 is 0. The van der Waals surface area contributed by atoms with Crippen LogP contribution in [0.2, 0.25) is 0 Å². The van der Waals surface area contributed by atoms with E-state index in [4.69, 9.17) is 0 Å². The van der Waals surface area contributed by atoms with Crippen molar-refractivity contribution in [2.75, 3.05) is 0 Å². The monoisotopic (exact) mass is 190 g/mol. The standard InChI is InChI=1S/C14H22/c1-3-5-7-9-11-13-14-12-10-8-6-4-2/h3-5,10-14H2,1-2H3. The molecular formula is C14H22. The lowest BCUT2D eigenvalue weighted by Crippen LogP contribution is -1.75. The highest BCUT2D eigenvalue weighted by molar-refractivity contribution is 4.99. The smallest absolute Gasteiger partial charge is 0.00886 e. The molecule has 0 spiro atoms. The zero-order valence-corrected chi connectivity index (χ0v) is 9.66. The van der Waals surface area contributed by atoms with Gasteiger partial charge in [-0.2, -0.15) is 0 Å². The van der Waals surface area contributed by atoms with Gasteiger partial charge in [-0.15, -0.1) is 23.7 Å². The first kappa shape index (κ1) is 13.1. The predicted molar refractivity (Wildman–Crippen MR) is 63.8 cm³/mol. The Kier molecular flexibility index (Phi) is 11.4. The van der Waals surface area contributed by atoms with Crippen molar-refractivity contribution in [3.63, 3.8) is 0 Å². The number of hydrogen-bond acceptors (Lipinski definition) is 0. The molecule has 14 heavy (non-hydrogen) atoms. The summed E-state index contributed by atoms with van der Waals surface area (Å²) in [5.74, 6) is 12.6. The maximum absolute atomic E-state index is 3.20. The van der Waals surface area contributed by atoms with E-state index >= 15 is 0 Å². The summed E-state index contributed by atoms with van der Waals surface area (Å²) >= 11 is 0. The molecule has 0 nitrogen and oxygen atoms in total. The van der Waals surface area contributed by atoms with Crippen molar-refractivity contribution in [3.8, 4) is 23.7 Å². The first-order chi connectivity index (χ1) is 6.91. The molecule has 0 fully saturated rings. The van der Waals surface area contributed by atoms with Gasteiger partial charge in [0.2, 0.25) is 0 Å². The van der Waals surface area contributed by atoms with E-state index in [0.717, 1.165) is 25.7 Å². The van der Waals surface area contributed by atoms with Gasteiger partial charge < -0.3 is 0 Å². The quantitative estimate of drug-likeness (QED) is 0.451. The number of rotatable bonds is 5. The first-order valence-electron chi connectivity index (χ1n) is 5.83. The Balaban J connectivity index is 3.11. The van der Waals surface area contributed by atoms with E-state index < -0.39 is 0 Å². The van der Waals surface area contributed by atoms with Crippen LogP contribution in [0.15, 0.2) is 0 Å². The average molecular weight is 190 g/mol. The van der Waals surface area contributed by atoms with Gasteiger partial charge in [0.1, 0.15) is 0 Å². The van der Waals surface area contributed by atoms with E-state index in [1.807, 2.05) is 0 Å². The molecule has 0 bridgehead atoms. The van der Waals surface area contributed by atoms with Gasteiger partial charge in [-0.3, -0.25) is 0 Å². The number of unbranched alkanes of at least 4 members (excludes halogenated alkanes) is 5. The van der Waals surface area contributed by atoms with Gasteiger partial charge >= 0.3 is 0 Å². The van der Waals surface area contributed by atoms with E-state index in [0.29, 0.717) is 0 Å². The van der Waals surface area contributed by atoms with E-state index in [-0.39, 0.29) is 0 Å². The molecule has 0 aromatic rings. The highest BCUT2D eigenvalue weighted by atomic mass is 13.9. The van der Waals surface area contributed by atoms with Gasteiger partial charge in [0.25, 0.3) is 0 Å². The third-order valence-electron chi connectivity index (χ3n) is 1.91. The highest BCUT2D eigenvalue weighted by Gasteiger charge is 1.84. The second-order valence-electron chi connectivity index (χ2n) is 3.37. The molecule has 0 saturated heterocycles. The molecular weight excluding hydrogens is 168 g/mol. The van der Waals surface area contributed by atoms with Crippen LogP contribution >= 0.6 is 0 Å². The third-order valence-corrected chi connectivity index (χ3v) is 1.91. The Morgan fingerprint density at radius 3 is 1.79 bits per heavy atom. The van der Waals surface area contributed by atoms with Crippen molar-refractivity contribution in [3.05, 3.63) is 0 Å². The van der Waals surface area contributed by atoms with Crippen molar-refractivity contribution in [2.45, 2.75) is 65.2 Å². The Hall–Kier alpha value is -0.880. The largest absolute Gasteiger partial charge is 0.104 e. The van der Waals surface area contributed by atoms with E-state index in [9.17, 15) is 0 Å². The SMILES string of the molecule is CCC#CCCCCCC#CCCC. The minimum Gasteiger partial charge on any atom is -0.104 e. The molecule has 0 N–H and O–H groups in total. The van der Waals surface area contributed by atoms with Crippen LogP contribution < -0.4 is 0 Å². The van der Waals surface area contributed by atoms with Crippen LogP contribution in [0.25, 0.3) is 0 Å². The zero-order chi connectivity index (χ0) is 10.5. The van der Waals surface area contributed by atoms with E-state index in [2.05, 4.69) is 37.5 Å². The lowest BCUT2D eigenvalue weighted by atomic mass is 10.1. The molecule has 0 aliphatic heterocycles. The van der Waals surface area contributed by atoms with Gasteiger partial charge in [0.05, 0.1) is 0 Å². The summed E-state index contributed by atoms with van der Waals surface area (Å²) in [5, 5.41) is 0. The van der Waals surface area contributed by atoms with Crippen LogP contribution in [0.4, 0.5) is 0 Å². The van der Waals surface area contributed by atoms with E-state index in [1.54, 1.807) is 0 Å². The van der Waals surface area contributed by atoms with E-state index in [1.165, 1.54) is 25.7 Å². The van der Waals surface area contributed by atoms with Crippen LogP contribution in [0, 0.1) is 23.7 Å². The van der Waals surface area contributed by atoms with Gasteiger partial charge in [0.15, 0.2) is 0 Å². The van der Waals surface area contributed by atoms with Crippen LogP contribution in [0.5, 0.6) is 0 Å². The topological polar surface area (TPSA) is 0 Å². The molecule has 0 aromatic heterocycles. The summed E-state index contributed by atoms with van der Waals surface area (Å²) in [7, 11) is 0. The van der Waals surface area contributed by atoms with Gasteiger partial charge in [-0.25, -0.2) is 0 Å². The Morgan fingerprint density at radius 2 is 1.21 bits per heavy atom. The molecule has 0 heterocycles. The Morgan fingerprint density at radius 1 is 0.643 bits per heavy atom. The molecule has 0 aliphatic rings. The summed E-state index contributed by atoms with van der Waals surface area (Å²) in [6.07, 6.45) is 9.12. The lowest BCUT2D eigenvalue weighted by Gasteiger charge is -1.91. The van der Waals surface area contributed by atoms with Gasteiger partial charge in [0, 0.05) is 25.7 Å². The first-order valence-corrected chi connectivity index (χ1v) is 5.83. The highest BCUT2D eigenvalue weighted by Crippen LogP contribution is 2.01. The maximum atomic E-state index is 3.20. The van der Waals surface area contributed by atoms with Crippen LogP contribution in [-0.4, -0.2) is 0 Å². The third kappa shape index (κ3) is 11.1. The molecule has 78 valence electrons. The molecule has 0 aliphatic carbocycles. The van der Waals surface area contributed by atoms with Gasteiger partial charge in [-0.1, -0.05) is 20.3 Å². The second-order valence-corrected chi connectivity index (χ2v) is 3.37. The van der Waals surface area contributed by atoms with Crippen molar-refractivity contribution in [1.82, 2.24) is 0 Å². The normalized spacial score (nSPS) is 8.43. The molecule has 0 saturated carbocycles. The molecule has 0 heteroatoms. The fraction of sp³-hybridized carbons (Fsp3) is 0.714.